The SMILES string of the molecule is CC1CC1CNC(=O)c1ccco1. The molecule has 1 amide bonds. The summed E-state index contributed by atoms with van der Waals surface area (Å²) in [4.78, 5) is 11.3. The summed E-state index contributed by atoms with van der Waals surface area (Å²) >= 11 is 0. The van der Waals surface area contributed by atoms with E-state index in [2.05, 4.69) is 12.2 Å². The summed E-state index contributed by atoms with van der Waals surface area (Å²) in [6, 6.07) is 3.39. The third kappa shape index (κ3) is 1.91. The van der Waals surface area contributed by atoms with Crippen molar-refractivity contribution in [3.8, 4) is 0 Å². The van der Waals surface area contributed by atoms with Gasteiger partial charge in [0, 0.05) is 6.54 Å². The maximum atomic E-state index is 11.3. The van der Waals surface area contributed by atoms with Crippen LogP contribution in [0.15, 0.2) is 22.8 Å². The van der Waals surface area contributed by atoms with Crippen LogP contribution in [0, 0.1) is 11.8 Å². The molecule has 0 aliphatic heterocycles. The Hall–Kier alpha value is -1.25. The van der Waals surface area contributed by atoms with Crippen molar-refractivity contribution in [3.05, 3.63) is 24.2 Å². The Labute approximate surface area is 77.1 Å². The molecule has 1 aliphatic carbocycles. The summed E-state index contributed by atoms with van der Waals surface area (Å²) in [6.07, 6.45) is 2.74. The molecular formula is C10H13NO2. The van der Waals surface area contributed by atoms with Crippen molar-refractivity contribution < 1.29 is 9.21 Å². The highest BCUT2D eigenvalue weighted by molar-refractivity contribution is 5.91. The van der Waals surface area contributed by atoms with E-state index in [1.807, 2.05) is 0 Å². The van der Waals surface area contributed by atoms with Gasteiger partial charge in [-0.1, -0.05) is 6.92 Å². The molecule has 0 saturated heterocycles. The number of amides is 1. The molecular weight excluding hydrogens is 166 g/mol. The first-order chi connectivity index (χ1) is 6.27. The Bertz CT molecular complexity index is 292. The van der Waals surface area contributed by atoms with Gasteiger partial charge < -0.3 is 9.73 Å². The molecule has 13 heavy (non-hydrogen) atoms. The molecule has 2 unspecified atom stereocenters. The van der Waals surface area contributed by atoms with Crippen LogP contribution in [0.3, 0.4) is 0 Å². The Morgan fingerprint density at radius 3 is 3.08 bits per heavy atom. The van der Waals surface area contributed by atoms with Crippen molar-refractivity contribution in [1.29, 1.82) is 0 Å². The van der Waals surface area contributed by atoms with Crippen molar-refractivity contribution in [3.63, 3.8) is 0 Å². The second kappa shape index (κ2) is 3.24. The zero-order valence-corrected chi connectivity index (χ0v) is 7.62. The first-order valence-electron chi connectivity index (χ1n) is 4.59. The van der Waals surface area contributed by atoms with Crippen molar-refractivity contribution in [2.24, 2.45) is 11.8 Å². The van der Waals surface area contributed by atoms with Gasteiger partial charge in [0.25, 0.3) is 5.91 Å². The molecule has 1 heterocycles. The summed E-state index contributed by atoms with van der Waals surface area (Å²) in [5.41, 5.74) is 0. The van der Waals surface area contributed by atoms with Crippen LogP contribution in [0.4, 0.5) is 0 Å². The van der Waals surface area contributed by atoms with Crippen LogP contribution in [0.5, 0.6) is 0 Å². The predicted molar refractivity (Wildman–Crippen MR) is 48.3 cm³/mol. The normalized spacial score (nSPS) is 25.6. The van der Waals surface area contributed by atoms with Crippen LogP contribution in [0.1, 0.15) is 23.9 Å². The van der Waals surface area contributed by atoms with Crippen molar-refractivity contribution in [2.45, 2.75) is 13.3 Å². The van der Waals surface area contributed by atoms with E-state index >= 15 is 0 Å². The predicted octanol–water partition coefficient (Wildman–Crippen LogP) is 1.67. The molecule has 70 valence electrons. The second-order valence-corrected chi connectivity index (χ2v) is 3.66. The van der Waals surface area contributed by atoms with E-state index in [-0.39, 0.29) is 5.91 Å². The maximum absolute atomic E-state index is 11.3. The van der Waals surface area contributed by atoms with Gasteiger partial charge in [0.05, 0.1) is 6.26 Å². The Balaban J connectivity index is 1.79. The highest BCUT2D eigenvalue weighted by atomic mass is 16.3. The third-order valence-corrected chi connectivity index (χ3v) is 2.55. The average molecular weight is 179 g/mol. The zero-order valence-electron chi connectivity index (χ0n) is 7.62. The van der Waals surface area contributed by atoms with Crippen LogP contribution in [0.2, 0.25) is 0 Å². The van der Waals surface area contributed by atoms with E-state index in [1.165, 1.54) is 12.7 Å². The minimum atomic E-state index is -0.107. The Morgan fingerprint density at radius 1 is 1.77 bits per heavy atom. The summed E-state index contributed by atoms with van der Waals surface area (Å²) < 4.78 is 4.96. The molecule has 1 aromatic heterocycles. The summed E-state index contributed by atoms with van der Waals surface area (Å²) in [6.45, 7) is 2.98. The van der Waals surface area contributed by atoms with E-state index in [9.17, 15) is 4.79 Å². The van der Waals surface area contributed by atoms with Crippen molar-refractivity contribution >= 4 is 5.91 Å². The van der Waals surface area contributed by atoms with Gasteiger partial charge in [0.1, 0.15) is 0 Å². The van der Waals surface area contributed by atoms with Gasteiger partial charge in [0.2, 0.25) is 0 Å². The van der Waals surface area contributed by atoms with E-state index in [0.29, 0.717) is 11.7 Å². The van der Waals surface area contributed by atoms with Crippen molar-refractivity contribution in [1.82, 2.24) is 5.32 Å². The lowest BCUT2D eigenvalue weighted by molar-refractivity contribution is 0.0923. The number of rotatable bonds is 3. The molecule has 2 rings (SSSR count). The van der Waals surface area contributed by atoms with Gasteiger partial charge in [0.15, 0.2) is 5.76 Å². The lowest BCUT2D eigenvalue weighted by Crippen LogP contribution is -2.25. The number of carbonyl (C=O) groups excluding carboxylic acids is 1. The Kier molecular flexibility index (Phi) is 2.08. The minimum absolute atomic E-state index is 0.107. The molecule has 1 N–H and O–H groups in total. The molecule has 0 spiro atoms. The van der Waals surface area contributed by atoms with Crippen molar-refractivity contribution in [2.75, 3.05) is 6.54 Å². The summed E-state index contributed by atoms with van der Waals surface area (Å²) in [7, 11) is 0. The number of hydrogen-bond donors (Lipinski definition) is 1. The molecule has 3 nitrogen and oxygen atoms in total. The smallest absolute Gasteiger partial charge is 0.286 e. The number of nitrogens with one attached hydrogen (secondary N) is 1. The molecule has 0 aromatic carbocycles. The van der Waals surface area contributed by atoms with Gasteiger partial charge in [-0.2, -0.15) is 0 Å². The largest absolute Gasteiger partial charge is 0.459 e. The van der Waals surface area contributed by atoms with Gasteiger partial charge in [-0.3, -0.25) is 4.79 Å². The van der Waals surface area contributed by atoms with E-state index in [0.717, 1.165) is 12.5 Å². The summed E-state index contributed by atoms with van der Waals surface area (Å²) in [5, 5.41) is 2.84. The fourth-order valence-electron chi connectivity index (χ4n) is 1.40. The molecule has 0 bridgehead atoms. The second-order valence-electron chi connectivity index (χ2n) is 3.66. The zero-order chi connectivity index (χ0) is 9.26. The molecule has 1 aliphatic rings. The topological polar surface area (TPSA) is 42.2 Å². The maximum Gasteiger partial charge on any atom is 0.286 e. The van der Waals surface area contributed by atoms with Crippen LogP contribution in [-0.2, 0) is 0 Å². The van der Waals surface area contributed by atoms with Crippen LogP contribution in [-0.4, -0.2) is 12.5 Å². The van der Waals surface area contributed by atoms with E-state index < -0.39 is 0 Å². The van der Waals surface area contributed by atoms with Gasteiger partial charge in [-0.05, 0) is 30.4 Å². The number of furan rings is 1. The number of hydrogen-bond acceptors (Lipinski definition) is 2. The molecule has 2 atom stereocenters. The minimum Gasteiger partial charge on any atom is -0.459 e. The van der Waals surface area contributed by atoms with Gasteiger partial charge in [-0.15, -0.1) is 0 Å². The molecule has 1 saturated carbocycles. The van der Waals surface area contributed by atoms with Gasteiger partial charge >= 0.3 is 0 Å². The molecule has 0 radical (unpaired) electrons. The van der Waals surface area contributed by atoms with E-state index in [4.69, 9.17) is 4.42 Å². The van der Waals surface area contributed by atoms with Gasteiger partial charge in [-0.25, -0.2) is 0 Å². The van der Waals surface area contributed by atoms with E-state index in [1.54, 1.807) is 12.1 Å². The van der Waals surface area contributed by atoms with Crippen LogP contribution < -0.4 is 5.32 Å². The lowest BCUT2D eigenvalue weighted by Gasteiger charge is -2.00. The quantitative estimate of drug-likeness (QED) is 0.766. The first-order valence-corrected chi connectivity index (χ1v) is 4.59. The average Bonchev–Trinajstić information content (AvgIpc) is 2.67. The fourth-order valence-corrected chi connectivity index (χ4v) is 1.40. The van der Waals surface area contributed by atoms with Crippen LogP contribution in [0.25, 0.3) is 0 Å². The first kappa shape index (κ1) is 8.35. The molecule has 1 fully saturated rings. The lowest BCUT2D eigenvalue weighted by atomic mass is 10.3. The molecule has 3 heteroatoms. The Morgan fingerprint density at radius 2 is 2.54 bits per heavy atom. The summed E-state index contributed by atoms with van der Waals surface area (Å²) in [5.74, 6) is 1.74. The molecule has 1 aromatic rings. The standard InChI is InChI=1S/C10H13NO2/c1-7-5-8(7)6-11-10(12)9-3-2-4-13-9/h2-4,7-8H,5-6H2,1H3,(H,11,12). The highest BCUT2D eigenvalue weighted by Gasteiger charge is 2.32. The fraction of sp³-hybridized carbons (Fsp3) is 0.500. The highest BCUT2D eigenvalue weighted by Crippen LogP contribution is 2.36. The van der Waals surface area contributed by atoms with Crippen LogP contribution >= 0.6 is 0 Å². The number of carbonyl (C=O) groups is 1. The monoisotopic (exact) mass is 179 g/mol. The third-order valence-electron chi connectivity index (χ3n) is 2.55.